The summed E-state index contributed by atoms with van der Waals surface area (Å²) < 4.78 is 1.77. The molecule has 152 valence electrons. The van der Waals surface area contributed by atoms with Gasteiger partial charge in [0.2, 0.25) is 5.91 Å². The van der Waals surface area contributed by atoms with E-state index in [1.165, 1.54) is 50.5 Å². The Morgan fingerprint density at radius 3 is 2.64 bits per heavy atom. The van der Waals surface area contributed by atoms with Crippen molar-refractivity contribution in [1.82, 2.24) is 14.8 Å². The summed E-state index contributed by atoms with van der Waals surface area (Å²) >= 11 is 1.44. The standard InChI is InChI=1S/C22H31N3O2S/c1-2-25-19-11-6-5-10-18(19)20(16-22(25)27)28-17-21(26)23-12-9-15-24-13-7-3-4-8-14-24/h5-6,10-11,16H,2-4,7-9,12-15,17H2,1H3,(H,23,26). The molecule has 1 aliphatic heterocycles. The Balaban J connectivity index is 1.49. The van der Waals surface area contributed by atoms with E-state index in [9.17, 15) is 9.59 Å². The van der Waals surface area contributed by atoms with Gasteiger partial charge in [0.05, 0.1) is 11.3 Å². The molecule has 1 saturated heterocycles. The number of aromatic nitrogens is 1. The van der Waals surface area contributed by atoms with Gasteiger partial charge in [0.15, 0.2) is 0 Å². The lowest BCUT2D eigenvalue weighted by molar-refractivity contribution is -0.118. The number of pyridine rings is 1. The van der Waals surface area contributed by atoms with E-state index < -0.39 is 0 Å². The largest absolute Gasteiger partial charge is 0.355 e. The van der Waals surface area contributed by atoms with Gasteiger partial charge >= 0.3 is 0 Å². The number of hydrogen-bond acceptors (Lipinski definition) is 4. The van der Waals surface area contributed by atoms with Crippen LogP contribution >= 0.6 is 11.8 Å². The zero-order valence-electron chi connectivity index (χ0n) is 16.8. The number of aryl methyl sites for hydroxylation is 1. The number of thioether (sulfide) groups is 1. The highest BCUT2D eigenvalue weighted by Gasteiger charge is 2.11. The van der Waals surface area contributed by atoms with Gasteiger partial charge in [-0.2, -0.15) is 0 Å². The van der Waals surface area contributed by atoms with Crippen molar-refractivity contribution in [2.75, 3.05) is 31.9 Å². The number of nitrogens with zero attached hydrogens (tertiary/aromatic N) is 2. The van der Waals surface area contributed by atoms with Crippen molar-refractivity contribution in [2.24, 2.45) is 0 Å². The molecule has 0 radical (unpaired) electrons. The van der Waals surface area contributed by atoms with E-state index in [4.69, 9.17) is 0 Å². The molecular weight excluding hydrogens is 370 g/mol. The van der Waals surface area contributed by atoms with Gasteiger partial charge in [0, 0.05) is 29.4 Å². The molecule has 1 aromatic heterocycles. The van der Waals surface area contributed by atoms with Crippen molar-refractivity contribution in [3.63, 3.8) is 0 Å². The first-order valence-corrected chi connectivity index (χ1v) is 11.4. The first kappa shape index (κ1) is 20.9. The number of fused-ring (bicyclic) bond motifs is 1. The third-order valence-electron chi connectivity index (χ3n) is 5.33. The number of hydrogen-bond donors (Lipinski definition) is 1. The molecule has 6 heteroatoms. The van der Waals surface area contributed by atoms with Crippen molar-refractivity contribution >= 4 is 28.6 Å². The smallest absolute Gasteiger partial charge is 0.252 e. The van der Waals surface area contributed by atoms with Crippen LogP contribution in [0.3, 0.4) is 0 Å². The number of carbonyl (C=O) groups is 1. The van der Waals surface area contributed by atoms with Gasteiger partial charge in [-0.1, -0.05) is 31.0 Å². The third kappa shape index (κ3) is 5.61. The molecule has 28 heavy (non-hydrogen) atoms. The summed E-state index contributed by atoms with van der Waals surface area (Å²) in [7, 11) is 0. The van der Waals surface area contributed by atoms with E-state index in [-0.39, 0.29) is 11.5 Å². The zero-order chi connectivity index (χ0) is 19.8. The molecule has 1 aliphatic rings. The predicted molar refractivity (Wildman–Crippen MR) is 117 cm³/mol. The Morgan fingerprint density at radius 2 is 1.89 bits per heavy atom. The van der Waals surface area contributed by atoms with Crippen LogP contribution in [0.1, 0.15) is 39.0 Å². The van der Waals surface area contributed by atoms with Crippen LogP contribution in [0.5, 0.6) is 0 Å². The fourth-order valence-corrected chi connectivity index (χ4v) is 4.74. The quantitative estimate of drug-likeness (QED) is 0.543. The van der Waals surface area contributed by atoms with Gasteiger partial charge < -0.3 is 14.8 Å². The van der Waals surface area contributed by atoms with Crippen molar-refractivity contribution in [3.8, 4) is 0 Å². The number of likely N-dealkylation sites (tertiary alicyclic amines) is 1. The molecule has 0 atom stereocenters. The summed E-state index contributed by atoms with van der Waals surface area (Å²) in [4.78, 5) is 28.0. The van der Waals surface area contributed by atoms with Crippen molar-refractivity contribution in [1.29, 1.82) is 0 Å². The van der Waals surface area contributed by atoms with Gasteiger partial charge in [-0.25, -0.2) is 0 Å². The van der Waals surface area contributed by atoms with Crippen LogP contribution in [0.15, 0.2) is 40.0 Å². The van der Waals surface area contributed by atoms with Crippen LogP contribution in [0.2, 0.25) is 0 Å². The number of amides is 1. The molecule has 3 rings (SSSR count). The van der Waals surface area contributed by atoms with Gasteiger partial charge in [-0.3, -0.25) is 9.59 Å². The van der Waals surface area contributed by atoms with Gasteiger partial charge in [-0.15, -0.1) is 11.8 Å². The fourth-order valence-electron chi connectivity index (χ4n) is 3.83. The van der Waals surface area contributed by atoms with E-state index >= 15 is 0 Å². The molecule has 2 aromatic rings. The molecule has 1 aromatic carbocycles. The average Bonchev–Trinajstić information content (AvgIpc) is 2.98. The number of para-hydroxylation sites is 1. The average molecular weight is 402 g/mol. The van der Waals surface area contributed by atoms with E-state index in [0.717, 1.165) is 28.8 Å². The molecule has 0 aliphatic carbocycles. The van der Waals surface area contributed by atoms with Crippen molar-refractivity contribution in [3.05, 3.63) is 40.7 Å². The minimum absolute atomic E-state index is 0.0124. The highest BCUT2D eigenvalue weighted by molar-refractivity contribution is 8.00. The Bertz CT molecular complexity index is 841. The maximum absolute atomic E-state index is 12.4. The van der Waals surface area contributed by atoms with Crippen molar-refractivity contribution < 1.29 is 4.79 Å². The second-order valence-corrected chi connectivity index (χ2v) is 8.37. The van der Waals surface area contributed by atoms with E-state index in [0.29, 0.717) is 18.8 Å². The summed E-state index contributed by atoms with van der Waals surface area (Å²) in [5, 5.41) is 4.05. The lowest BCUT2D eigenvalue weighted by atomic mass is 10.2. The number of benzene rings is 1. The first-order chi connectivity index (χ1) is 13.7. The minimum atomic E-state index is -0.0124. The summed E-state index contributed by atoms with van der Waals surface area (Å²) in [5.74, 6) is 0.369. The summed E-state index contributed by atoms with van der Waals surface area (Å²) in [6.07, 6.45) is 6.29. The fraction of sp³-hybridized carbons (Fsp3) is 0.545. The Labute approximate surface area is 171 Å². The monoisotopic (exact) mass is 401 g/mol. The topological polar surface area (TPSA) is 54.3 Å². The Kier molecular flexibility index (Phi) is 7.98. The van der Waals surface area contributed by atoms with E-state index in [1.807, 2.05) is 31.2 Å². The number of carbonyl (C=O) groups excluding carboxylic acids is 1. The summed E-state index contributed by atoms with van der Waals surface area (Å²) in [6.45, 7) is 6.78. The molecule has 0 saturated carbocycles. The molecule has 5 nitrogen and oxygen atoms in total. The summed E-state index contributed by atoms with van der Waals surface area (Å²) in [6, 6.07) is 9.55. The van der Waals surface area contributed by atoms with Crippen LogP contribution in [0, 0.1) is 0 Å². The van der Waals surface area contributed by atoms with Crippen LogP contribution in [-0.2, 0) is 11.3 Å². The molecular formula is C22H31N3O2S. The molecule has 1 N–H and O–H groups in total. The lowest BCUT2D eigenvalue weighted by Crippen LogP contribution is -2.31. The predicted octanol–water partition coefficient (Wildman–Crippen LogP) is 3.50. The van der Waals surface area contributed by atoms with Crippen LogP contribution in [0.25, 0.3) is 10.9 Å². The van der Waals surface area contributed by atoms with Crippen LogP contribution < -0.4 is 10.9 Å². The number of rotatable bonds is 8. The van der Waals surface area contributed by atoms with Gasteiger partial charge in [0.25, 0.3) is 5.56 Å². The lowest BCUT2D eigenvalue weighted by Gasteiger charge is -2.19. The highest BCUT2D eigenvalue weighted by Crippen LogP contribution is 2.26. The Hall–Kier alpha value is -1.79. The second kappa shape index (κ2) is 10.7. The van der Waals surface area contributed by atoms with Crippen molar-refractivity contribution in [2.45, 2.75) is 50.5 Å². The molecule has 2 heterocycles. The maximum atomic E-state index is 12.4. The van der Waals surface area contributed by atoms with Crippen LogP contribution in [0.4, 0.5) is 0 Å². The maximum Gasteiger partial charge on any atom is 0.252 e. The molecule has 0 spiro atoms. The Morgan fingerprint density at radius 1 is 1.14 bits per heavy atom. The first-order valence-electron chi connectivity index (χ1n) is 10.4. The SMILES string of the molecule is CCn1c(=O)cc(SCC(=O)NCCCN2CCCCCC2)c2ccccc21. The van der Waals surface area contributed by atoms with Crippen LogP contribution in [-0.4, -0.2) is 47.3 Å². The third-order valence-corrected chi connectivity index (χ3v) is 6.38. The molecule has 1 amide bonds. The molecule has 0 unspecified atom stereocenters. The van der Waals surface area contributed by atoms with E-state index in [1.54, 1.807) is 10.6 Å². The summed E-state index contributed by atoms with van der Waals surface area (Å²) in [5.41, 5.74) is 0.916. The van der Waals surface area contributed by atoms with E-state index in [2.05, 4.69) is 10.2 Å². The second-order valence-electron chi connectivity index (χ2n) is 7.36. The normalized spacial score (nSPS) is 15.5. The molecule has 1 fully saturated rings. The highest BCUT2D eigenvalue weighted by atomic mass is 32.2. The number of nitrogens with one attached hydrogen (secondary N) is 1. The minimum Gasteiger partial charge on any atom is -0.355 e. The zero-order valence-corrected chi connectivity index (χ0v) is 17.6. The molecule has 0 bridgehead atoms. The van der Waals surface area contributed by atoms with Gasteiger partial charge in [0.1, 0.15) is 0 Å². The van der Waals surface area contributed by atoms with Gasteiger partial charge in [-0.05, 0) is 51.9 Å².